The first kappa shape index (κ1) is 22.7. The molecule has 0 saturated heterocycles. The molecule has 0 unspecified atom stereocenters. The number of esters is 1. The summed E-state index contributed by atoms with van der Waals surface area (Å²) in [7, 11) is 2.67. The number of rotatable bonds is 8. The smallest absolute Gasteiger partial charge is 0.345 e. The van der Waals surface area contributed by atoms with Gasteiger partial charge in [-0.05, 0) is 36.6 Å². The van der Waals surface area contributed by atoms with Crippen LogP contribution in [-0.2, 0) is 9.53 Å². The number of H-pyrrole nitrogens is 1. The molecule has 0 bridgehead atoms. The summed E-state index contributed by atoms with van der Waals surface area (Å²) in [5, 5.41) is 5.76. The molecule has 0 aliphatic carbocycles. The van der Waals surface area contributed by atoms with Gasteiger partial charge in [-0.2, -0.15) is 10.1 Å². The number of benzene rings is 1. The first-order chi connectivity index (χ1) is 15.4. The topological polar surface area (TPSA) is 132 Å². The highest BCUT2D eigenvalue weighted by atomic mass is 32.1. The number of carbonyl (C=O) groups excluding carboxylic acids is 2. The molecule has 3 rings (SSSR count). The van der Waals surface area contributed by atoms with Gasteiger partial charge in [0.2, 0.25) is 0 Å². The summed E-state index contributed by atoms with van der Waals surface area (Å²) in [6.07, 6.45) is 1.54. The minimum absolute atomic E-state index is 0.130. The van der Waals surface area contributed by atoms with Crippen LogP contribution in [-0.4, -0.2) is 48.9 Å². The molecular formula is C21H20N4O6S. The molecule has 2 heterocycles. The predicted molar refractivity (Wildman–Crippen MR) is 118 cm³/mol. The van der Waals surface area contributed by atoms with Crippen molar-refractivity contribution >= 4 is 29.4 Å². The molecule has 0 radical (unpaired) electrons. The fourth-order valence-corrected chi connectivity index (χ4v) is 3.37. The lowest BCUT2D eigenvalue weighted by molar-refractivity contribution is -0.123. The molecule has 166 valence electrons. The first-order valence-electron chi connectivity index (χ1n) is 9.28. The molecule has 11 heteroatoms. The van der Waals surface area contributed by atoms with Crippen molar-refractivity contribution in [1.82, 2.24) is 15.4 Å². The van der Waals surface area contributed by atoms with Crippen molar-refractivity contribution in [3.63, 3.8) is 0 Å². The number of nitrogens with zero attached hydrogens (tertiary/aromatic N) is 2. The Balaban J connectivity index is 1.77. The summed E-state index contributed by atoms with van der Waals surface area (Å²) >= 11 is 1.49. The summed E-state index contributed by atoms with van der Waals surface area (Å²) in [4.78, 5) is 43.4. The maximum absolute atomic E-state index is 12.2. The van der Waals surface area contributed by atoms with Crippen molar-refractivity contribution in [2.75, 3.05) is 20.8 Å². The van der Waals surface area contributed by atoms with Crippen LogP contribution in [0, 0.1) is 6.92 Å². The average Bonchev–Trinajstić information content (AvgIpc) is 3.30. The summed E-state index contributed by atoms with van der Waals surface area (Å²) in [6.45, 7) is 1.28. The summed E-state index contributed by atoms with van der Waals surface area (Å²) in [6, 6.07) is 8.44. The number of nitrogens with one attached hydrogen (secondary N) is 2. The molecule has 0 fully saturated rings. The number of ether oxygens (including phenoxy) is 3. The Morgan fingerprint density at radius 3 is 2.75 bits per heavy atom. The largest absolute Gasteiger partial charge is 0.493 e. The highest BCUT2D eigenvalue weighted by Crippen LogP contribution is 2.33. The van der Waals surface area contributed by atoms with Gasteiger partial charge in [0.05, 0.1) is 26.1 Å². The van der Waals surface area contributed by atoms with Gasteiger partial charge in [-0.25, -0.2) is 15.0 Å². The van der Waals surface area contributed by atoms with E-state index in [1.165, 1.54) is 31.8 Å². The molecule has 1 aromatic carbocycles. The standard InChI is InChI=1S/C21H20N4O6S/c1-12-18(20(27)30-3)19(24-21(28)23-12)13-6-7-15(16(9-13)29-2)31-11-17(26)25-22-10-14-5-4-8-32-14/h4-10H,11H2,1-3H3,(H,25,26)(H,23,24,28)/b22-10+. The number of carbonyl (C=O) groups is 2. The number of methoxy groups -OCH3 is 2. The second kappa shape index (κ2) is 10.4. The minimum Gasteiger partial charge on any atom is -0.493 e. The van der Waals surface area contributed by atoms with Gasteiger partial charge in [-0.3, -0.25) is 4.79 Å². The number of amides is 1. The molecular weight excluding hydrogens is 436 g/mol. The van der Waals surface area contributed by atoms with Crippen LogP contribution in [0.4, 0.5) is 0 Å². The number of aromatic amines is 1. The maximum atomic E-state index is 12.2. The number of hydrogen-bond acceptors (Lipinski definition) is 9. The molecule has 10 nitrogen and oxygen atoms in total. The van der Waals surface area contributed by atoms with Gasteiger partial charge in [0.25, 0.3) is 5.91 Å². The van der Waals surface area contributed by atoms with E-state index in [-0.39, 0.29) is 29.4 Å². The lowest BCUT2D eigenvalue weighted by Gasteiger charge is -2.13. The third-order valence-corrected chi connectivity index (χ3v) is 5.04. The third kappa shape index (κ3) is 5.38. The normalized spacial score (nSPS) is 10.7. The van der Waals surface area contributed by atoms with Crippen molar-refractivity contribution in [3.05, 3.63) is 62.3 Å². The molecule has 2 aromatic heterocycles. The number of aromatic nitrogens is 2. The van der Waals surface area contributed by atoms with Crippen LogP contribution in [0.3, 0.4) is 0 Å². The van der Waals surface area contributed by atoms with Crippen LogP contribution >= 0.6 is 11.3 Å². The van der Waals surface area contributed by atoms with Gasteiger partial charge in [-0.1, -0.05) is 6.07 Å². The average molecular weight is 456 g/mol. The number of thiophene rings is 1. The van der Waals surface area contributed by atoms with Crippen LogP contribution < -0.4 is 20.6 Å². The Morgan fingerprint density at radius 2 is 2.06 bits per heavy atom. The van der Waals surface area contributed by atoms with Crippen molar-refractivity contribution in [3.8, 4) is 22.8 Å². The molecule has 2 N–H and O–H groups in total. The van der Waals surface area contributed by atoms with Crippen molar-refractivity contribution < 1.29 is 23.8 Å². The van der Waals surface area contributed by atoms with E-state index in [4.69, 9.17) is 14.2 Å². The molecule has 0 atom stereocenters. The van der Waals surface area contributed by atoms with Crippen LogP contribution in [0.2, 0.25) is 0 Å². The zero-order chi connectivity index (χ0) is 23.1. The lowest BCUT2D eigenvalue weighted by Crippen LogP contribution is -2.24. The van der Waals surface area contributed by atoms with E-state index in [2.05, 4.69) is 20.5 Å². The van der Waals surface area contributed by atoms with Crippen LogP contribution in [0.5, 0.6) is 11.5 Å². The summed E-state index contributed by atoms with van der Waals surface area (Å²) in [5.41, 5.74) is 2.81. The summed E-state index contributed by atoms with van der Waals surface area (Å²) < 4.78 is 15.7. The Kier molecular flexibility index (Phi) is 7.34. The van der Waals surface area contributed by atoms with Crippen molar-refractivity contribution in [1.29, 1.82) is 0 Å². The summed E-state index contributed by atoms with van der Waals surface area (Å²) in [5.74, 6) is -0.521. The fraction of sp³-hybridized carbons (Fsp3) is 0.190. The number of aryl methyl sites for hydroxylation is 1. The monoisotopic (exact) mass is 456 g/mol. The van der Waals surface area contributed by atoms with E-state index in [9.17, 15) is 14.4 Å². The molecule has 3 aromatic rings. The van der Waals surface area contributed by atoms with E-state index in [1.807, 2.05) is 17.5 Å². The number of hydrogen-bond donors (Lipinski definition) is 2. The van der Waals surface area contributed by atoms with E-state index in [1.54, 1.807) is 25.1 Å². The Morgan fingerprint density at radius 1 is 1.25 bits per heavy atom. The van der Waals surface area contributed by atoms with Crippen molar-refractivity contribution in [2.24, 2.45) is 5.10 Å². The lowest BCUT2D eigenvalue weighted by atomic mass is 10.0. The van der Waals surface area contributed by atoms with Crippen LogP contribution in [0.25, 0.3) is 11.3 Å². The predicted octanol–water partition coefficient (Wildman–Crippen LogP) is 2.13. The molecule has 0 saturated carbocycles. The molecule has 0 aliphatic heterocycles. The Hall–Kier alpha value is -3.99. The zero-order valence-electron chi connectivity index (χ0n) is 17.5. The van der Waals surface area contributed by atoms with E-state index >= 15 is 0 Å². The highest BCUT2D eigenvalue weighted by Gasteiger charge is 2.20. The van der Waals surface area contributed by atoms with Gasteiger partial charge in [0.15, 0.2) is 18.1 Å². The van der Waals surface area contributed by atoms with E-state index in [0.717, 1.165) is 4.88 Å². The molecule has 0 aliphatic rings. The minimum atomic E-state index is -0.639. The van der Waals surface area contributed by atoms with Crippen LogP contribution in [0.1, 0.15) is 20.9 Å². The quantitative estimate of drug-likeness (QED) is 0.301. The van der Waals surface area contributed by atoms with Gasteiger partial charge in [0.1, 0.15) is 5.56 Å². The number of hydrazone groups is 1. The van der Waals surface area contributed by atoms with Crippen molar-refractivity contribution in [2.45, 2.75) is 6.92 Å². The first-order valence-corrected chi connectivity index (χ1v) is 10.2. The zero-order valence-corrected chi connectivity index (χ0v) is 18.3. The Labute approximate surface area is 186 Å². The SMILES string of the molecule is COC(=O)c1c(-c2ccc(OCC(=O)N/N=C/c3cccs3)c(OC)c2)nc(=O)[nH]c1C. The van der Waals surface area contributed by atoms with E-state index in [0.29, 0.717) is 11.3 Å². The second-order valence-electron chi connectivity index (χ2n) is 6.35. The van der Waals surface area contributed by atoms with Crippen LogP contribution in [0.15, 0.2) is 45.6 Å². The maximum Gasteiger partial charge on any atom is 0.345 e. The van der Waals surface area contributed by atoms with Gasteiger partial charge in [0, 0.05) is 16.1 Å². The third-order valence-electron chi connectivity index (χ3n) is 4.23. The Bertz CT molecular complexity index is 1200. The van der Waals surface area contributed by atoms with E-state index < -0.39 is 17.6 Å². The second-order valence-corrected chi connectivity index (χ2v) is 7.32. The van der Waals surface area contributed by atoms with Gasteiger partial charge < -0.3 is 19.2 Å². The molecule has 1 amide bonds. The van der Waals surface area contributed by atoms with Gasteiger partial charge in [-0.15, -0.1) is 11.3 Å². The fourth-order valence-electron chi connectivity index (χ4n) is 2.79. The highest BCUT2D eigenvalue weighted by molar-refractivity contribution is 7.11. The van der Waals surface area contributed by atoms with Gasteiger partial charge >= 0.3 is 11.7 Å². The molecule has 0 spiro atoms. The molecule has 32 heavy (non-hydrogen) atoms.